The molecule has 0 aromatic heterocycles. The van der Waals surface area contributed by atoms with Crippen molar-refractivity contribution in [1.82, 2.24) is 5.32 Å². The molecule has 5 nitrogen and oxygen atoms in total. The second-order valence-electron chi connectivity index (χ2n) is 7.92. The summed E-state index contributed by atoms with van der Waals surface area (Å²) in [5.74, 6) is 0.0942. The summed E-state index contributed by atoms with van der Waals surface area (Å²) in [4.78, 5) is 13.3. The van der Waals surface area contributed by atoms with Gasteiger partial charge in [-0.2, -0.15) is 0 Å². The number of carbonyl (C=O) groups is 1. The lowest BCUT2D eigenvalue weighted by atomic mass is 9.96. The molecule has 0 radical (unpaired) electrons. The minimum atomic E-state index is -3.64. The monoisotopic (exact) mass is 416 g/mol. The van der Waals surface area contributed by atoms with Gasteiger partial charge >= 0.3 is 0 Å². The molecule has 158 valence electrons. The highest BCUT2D eigenvalue weighted by Crippen LogP contribution is 2.25. The van der Waals surface area contributed by atoms with E-state index in [9.17, 15) is 13.2 Å². The molecule has 2 rings (SSSR count). The fourth-order valence-electron chi connectivity index (χ4n) is 3.45. The molecule has 1 amide bonds. The summed E-state index contributed by atoms with van der Waals surface area (Å²) in [6, 6.07) is 16.0. The minimum Gasteiger partial charge on any atom is -0.347 e. The van der Waals surface area contributed by atoms with Gasteiger partial charge in [0.15, 0.2) is 0 Å². The van der Waals surface area contributed by atoms with Gasteiger partial charge in [0.25, 0.3) is 0 Å². The number of rotatable bonds is 9. The van der Waals surface area contributed by atoms with Crippen LogP contribution < -0.4 is 9.62 Å². The smallest absolute Gasteiger partial charge is 0.244 e. The second-order valence-corrected chi connectivity index (χ2v) is 9.78. The van der Waals surface area contributed by atoms with Crippen LogP contribution in [0.1, 0.15) is 50.8 Å². The number of hydrogen-bond acceptors (Lipinski definition) is 3. The van der Waals surface area contributed by atoms with Gasteiger partial charge in [0.05, 0.1) is 18.0 Å². The molecule has 2 aromatic rings. The van der Waals surface area contributed by atoms with E-state index in [0.717, 1.165) is 23.8 Å². The fraction of sp³-hybridized carbons (Fsp3) is 0.435. The largest absolute Gasteiger partial charge is 0.347 e. The molecule has 6 heteroatoms. The Morgan fingerprint density at radius 1 is 1.03 bits per heavy atom. The van der Waals surface area contributed by atoms with Crippen molar-refractivity contribution in [3.63, 3.8) is 0 Å². The van der Waals surface area contributed by atoms with Crippen LogP contribution in [0.5, 0.6) is 0 Å². The van der Waals surface area contributed by atoms with Crippen LogP contribution in [0.4, 0.5) is 5.69 Å². The zero-order chi connectivity index (χ0) is 21.6. The van der Waals surface area contributed by atoms with Gasteiger partial charge in [-0.3, -0.25) is 9.10 Å². The van der Waals surface area contributed by atoms with Crippen LogP contribution in [0, 0.1) is 12.8 Å². The molecule has 0 aliphatic rings. The zero-order valence-corrected chi connectivity index (χ0v) is 18.7. The maximum atomic E-state index is 13.3. The van der Waals surface area contributed by atoms with Crippen LogP contribution in [0.15, 0.2) is 54.6 Å². The van der Waals surface area contributed by atoms with Crippen LogP contribution in [0.25, 0.3) is 0 Å². The van der Waals surface area contributed by atoms with E-state index in [0.29, 0.717) is 18.0 Å². The summed E-state index contributed by atoms with van der Waals surface area (Å²) in [5, 5.41) is 3.10. The van der Waals surface area contributed by atoms with Crippen molar-refractivity contribution >= 4 is 21.6 Å². The lowest BCUT2D eigenvalue weighted by molar-refractivity contribution is -0.123. The molecule has 0 saturated heterocycles. The quantitative estimate of drug-likeness (QED) is 0.657. The molecule has 0 fully saturated rings. The van der Waals surface area contributed by atoms with E-state index >= 15 is 0 Å². The van der Waals surface area contributed by atoms with E-state index in [1.54, 1.807) is 12.1 Å². The first-order valence-electron chi connectivity index (χ1n) is 10.0. The van der Waals surface area contributed by atoms with E-state index in [2.05, 4.69) is 19.2 Å². The Morgan fingerprint density at radius 2 is 1.62 bits per heavy atom. The fourth-order valence-corrected chi connectivity index (χ4v) is 4.67. The highest BCUT2D eigenvalue weighted by Gasteiger charge is 2.32. The van der Waals surface area contributed by atoms with E-state index in [1.807, 2.05) is 56.3 Å². The van der Waals surface area contributed by atoms with Crippen LogP contribution in [-0.2, 0) is 14.8 Å². The normalized spacial score (nSPS) is 13.7. The molecule has 0 heterocycles. The summed E-state index contributed by atoms with van der Waals surface area (Å²) < 4.78 is 26.4. The predicted molar refractivity (Wildman–Crippen MR) is 119 cm³/mol. The van der Waals surface area contributed by atoms with Crippen molar-refractivity contribution in [2.75, 3.05) is 10.6 Å². The number of nitrogens with one attached hydrogen (secondary N) is 1. The van der Waals surface area contributed by atoms with Gasteiger partial charge in [-0.25, -0.2) is 8.42 Å². The van der Waals surface area contributed by atoms with Crippen LogP contribution in [0.2, 0.25) is 0 Å². The second kappa shape index (κ2) is 9.92. The molecule has 0 aliphatic carbocycles. The number of hydrogen-bond donors (Lipinski definition) is 1. The molecule has 2 aromatic carbocycles. The number of amides is 1. The molecule has 0 spiro atoms. The summed E-state index contributed by atoms with van der Waals surface area (Å²) in [6.07, 6.45) is 2.29. The molecule has 0 saturated carbocycles. The molecule has 2 unspecified atom stereocenters. The van der Waals surface area contributed by atoms with Gasteiger partial charge < -0.3 is 5.32 Å². The van der Waals surface area contributed by atoms with Crippen LogP contribution in [-0.4, -0.2) is 26.6 Å². The average Bonchev–Trinajstić information content (AvgIpc) is 2.65. The predicted octanol–water partition coefficient (Wildman–Crippen LogP) is 4.44. The number of aryl methyl sites for hydroxylation is 1. The number of anilines is 1. The number of sulfonamides is 1. The standard InChI is InChI=1S/C23H32N2O3S/c1-6-22(25(29(5,27)28)20-14-12-18(4)13-15-20)23(26)24-21(16-17(2)3)19-10-8-7-9-11-19/h7-15,17,21-22H,6,16H2,1-5H3,(H,24,26). The summed E-state index contributed by atoms with van der Waals surface area (Å²) in [6.45, 7) is 7.98. The summed E-state index contributed by atoms with van der Waals surface area (Å²) in [7, 11) is -3.64. The molecule has 29 heavy (non-hydrogen) atoms. The topological polar surface area (TPSA) is 66.5 Å². The first-order valence-corrected chi connectivity index (χ1v) is 11.9. The van der Waals surface area contributed by atoms with Crippen LogP contribution in [0.3, 0.4) is 0 Å². The maximum absolute atomic E-state index is 13.3. The number of nitrogens with zero attached hydrogens (tertiary/aromatic N) is 1. The van der Waals surface area contributed by atoms with Crippen molar-refractivity contribution in [2.24, 2.45) is 5.92 Å². The van der Waals surface area contributed by atoms with E-state index in [-0.39, 0.29) is 11.9 Å². The maximum Gasteiger partial charge on any atom is 0.244 e. The molecule has 0 aliphatic heterocycles. The van der Waals surface area contributed by atoms with Crippen molar-refractivity contribution in [3.05, 3.63) is 65.7 Å². The SMILES string of the molecule is CCC(C(=O)NC(CC(C)C)c1ccccc1)N(c1ccc(C)cc1)S(C)(=O)=O. The molecule has 2 atom stereocenters. The van der Waals surface area contributed by atoms with Crippen molar-refractivity contribution < 1.29 is 13.2 Å². The lowest BCUT2D eigenvalue weighted by Gasteiger charge is -2.32. The average molecular weight is 417 g/mol. The first-order chi connectivity index (χ1) is 13.6. The molecule has 1 N–H and O–H groups in total. The Labute approximate surface area is 175 Å². The molecule has 0 bridgehead atoms. The zero-order valence-electron chi connectivity index (χ0n) is 17.9. The first kappa shape index (κ1) is 22.9. The highest BCUT2D eigenvalue weighted by atomic mass is 32.2. The summed E-state index contributed by atoms with van der Waals surface area (Å²) in [5.41, 5.74) is 2.55. The third-order valence-electron chi connectivity index (χ3n) is 4.84. The summed E-state index contributed by atoms with van der Waals surface area (Å²) >= 11 is 0. The van der Waals surface area contributed by atoms with E-state index < -0.39 is 16.1 Å². The molecular weight excluding hydrogens is 384 g/mol. The van der Waals surface area contributed by atoms with E-state index in [4.69, 9.17) is 0 Å². The Morgan fingerprint density at radius 3 is 2.10 bits per heavy atom. The van der Waals surface area contributed by atoms with Gasteiger partial charge in [0, 0.05) is 0 Å². The molecular formula is C23H32N2O3S. The Hall–Kier alpha value is -2.34. The Balaban J connectivity index is 2.35. The van der Waals surface area contributed by atoms with Gasteiger partial charge in [-0.05, 0) is 43.4 Å². The Kier molecular flexibility index (Phi) is 7.85. The van der Waals surface area contributed by atoms with Gasteiger partial charge in [-0.15, -0.1) is 0 Å². The number of carbonyl (C=O) groups excluding carboxylic acids is 1. The Bertz CT molecular complexity index is 893. The van der Waals surface area contributed by atoms with Gasteiger partial charge in [0.1, 0.15) is 6.04 Å². The third-order valence-corrected chi connectivity index (χ3v) is 6.02. The van der Waals surface area contributed by atoms with Crippen LogP contribution >= 0.6 is 0 Å². The third kappa shape index (κ3) is 6.32. The van der Waals surface area contributed by atoms with Crippen molar-refractivity contribution in [1.29, 1.82) is 0 Å². The van der Waals surface area contributed by atoms with Crippen molar-refractivity contribution in [3.8, 4) is 0 Å². The highest BCUT2D eigenvalue weighted by molar-refractivity contribution is 7.92. The minimum absolute atomic E-state index is 0.169. The van der Waals surface area contributed by atoms with Crippen molar-refractivity contribution in [2.45, 2.75) is 52.6 Å². The lowest BCUT2D eigenvalue weighted by Crippen LogP contribution is -2.50. The van der Waals surface area contributed by atoms with Gasteiger partial charge in [0.2, 0.25) is 15.9 Å². The van der Waals surface area contributed by atoms with Gasteiger partial charge in [-0.1, -0.05) is 68.8 Å². The van der Waals surface area contributed by atoms with E-state index in [1.165, 1.54) is 4.31 Å². The number of benzene rings is 2.